The summed E-state index contributed by atoms with van der Waals surface area (Å²) in [5, 5.41) is 0. The molecule has 1 aliphatic rings. The zero-order chi connectivity index (χ0) is 22.2. The number of likely N-dealkylation sites (N-methyl/N-ethyl adjacent to an activating group) is 1. The third-order valence-electron chi connectivity index (χ3n) is 5.95. The van der Waals surface area contributed by atoms with Crippen molar-refractivity contribution in [1.82, 2.24) is 9.97 Å². The first-order chi connectivity index (χ1) is 15.5. The van der Waals surface area contributed by atoms with Crippen LogP contribution in [0.3, 0.4) is 0 Å². The molecule has 6 heteroatoms. The minimum absolute atomic E-state index is 0.102. The molecular formula is C26H26N4O2. The van der Waals surface area contributed by atoms with E-state index >= 15 is 0 Å². The Kier molecular flexibility index (Phi) is 5.05. The van der Waals surface area contributed by atoms with Crippen molar-refractivity contribution < 1.29 is 9.53 Å². The lowest BCUT2D eigenvalue weighted by molar-refractivity contribution is 0.0993. The van der Waals surface area contributed by atoms with Gasteiger partial charge in [-0.1, -0.05) is 6.07 Å². The Labute approximate surface area is 187 Å². The molecule has 3 aromatic carbocycles. The molecule has 0 spiro atoms. The minimum atomic E-state index is 0.102. The maximum atomic E-state index is 12.8. The molecule has 1 aliphatic heterocycles. The first-order valence-electron chi connectivity index (χ1n) is 10.8. The van der Waals surface area contributed by atoms with Crippen molar-refractivity contribution in [1.29, 1.82) is 0 Å². The highest BCUT2D eigenvalue weighted by atomic mass is 16.5. The van der Waals surface area contributed by atoms with Crippen molar-refractivity contribution in [2.45, 2.75) is 6.42 Å². The molecule has 0 aliphatic carbocycles. The second-order valence-electron chi connectivity index (χ2n) is 8.43. The molecule has 0 saturated carbocycles. The normalized spacial score (nSPS) is 13.0. The molecule has 6 nitrogen and oxygen atoms in total. The zero-order valence-electron chi connectivity index (χ0n) is 18.6. The molecule has 1 aromatic heterocycles. The van der Waals surface area contributed by atoms with Crippen LogP contribution in [0.25, 0.3) is 22.4 Å². The van der Waals surface area contributed by atoms with Gasteiger partial charge < -0.3 is 19.5 Å². The van der Waals surface area contributed by atoms with E-state index in [1.54, 1.807) is 0 Å². The number of Topliss-reactive ketones (excluding diaryl/α,β-unsaturated/α-hetero) is 1. The van der Waals surface area contributed by atoms with Crippen LogP contribution in [0.5, 0.6) is 5.75 Å². The van der Waals surface area contributed by atoms with Crippen molar-refractivity contribution in [3.05, 3.63) is 71.8 Å². The Morgan fingerprint density at radius 2 is 1.91 bits per heavy atom. The van der Waals surface area contributed by atoms with Crippen LogP contribution >= 0.6 is 0 Å². The van der Waals surface area contributed by atoms with Crippen LogP contribution in [-0.4, -0.2) is 50.0 Å². The average molecular weight is 427 g/mol. The van der Waals surface area contributed by atoms with Gasteiger partial charge in [0, 0.05) is 44.4 Å². The Morgan fingerprint density at radius 1 is 1.09 bits per heavy atom. The molecule has 0 saturated heterocycles. The fourth-order valence-electron chi connectivity index (χ4n) is 4.04. The molecular weight excluding hydrogens is 400 g/mol. The molecule has 0 amide bonds. The zero-order valence-corrected chi connectivity index (χ0v) is 18.6. The van der Waals surface area contributed by atoms with Gasteiger partial charge in [-0.2, -0.15) is 0 Å². The number of imidazole rings is 1. The number of H-pyrrole nitrogens is 1. The molecule has 0 atom stereocenters. The van der Waals surface area contributed by atoms with Crippen LogP contribution in [-0.2, 0) is 6.42 Å². The highest BCUT2D eigenvalue weighted by molar-refractivity contribution is 5.98. The number of ketones is 1. The van der Waals surface area contributed by atoms with Gasteiger partial charge in [0.25, 0.3) is 0 Å². The van der Waals surface area contributed by atoms with Gasteiger partial charge in [0.2, 0.25) is 0 Å². The van der Waals surface area contributed by atoms with Crippen molar-refractivity contribution in [3.63, 3.8) is 0 Å². The summed E-state index contributed by atoms with van der Waals surface area (Å²) in [7, 11) is 6.04. The average Bonchev–Trinajstić information content (AvgIpc) is 3.22. The number of hydrogen-bond donors (Lipinski definition) is 1. The molecule has 162 valence electrons. The van der Waals surface area contributed by atoms with E-state index in [0.717, 1.165) is 57.2 Å². The molecule has 32 heavy (non-hydrogen) atoms. The lowest BCUT2D eigenvalue weighted by atomic mass is 10.0. The number of aromatic nitrogens is 2. The van der Waals surface area contributed by atoms with E-state index in [0.29, 0.717) is 13.0 Å². The highest BCUT2D eigenvalue weighted by Crippen LogP contribution is 2.34. The Balaban J connectivity index is 1.38. The topological polar surface area (TPSA) is 61.5 Å². The smallest absolute Gasteiger partial charge is 0.167 e. The maximum Gasteiger partial charge on any atom is 0.167 e. The van der Waals surface area contributed by atoms with Crippen LogP contribution in [0.2, 0.25) is 0 Å². The number of benzene rings is 3. The number of nitrogens with zero attached hydrogens (tertiary/aromatic N) is 3. The third kappa shape index (κ3) is 3.80. The van der Waals surface area contributed by atoms with Crippen molar-refractivity contribution in [2.24, 2.45) is 0 Å². The number of ether oxygens (including phenoxy) is 1. The second-order valence-corrected chi connectivity index (χ2v) is 8.43. The summed E-state index contributed by atoms with van der Waals surface area (Å²) >= 11 is 0. The molecule has 1 N–H and O–H groups in total. The fourth-order valence-corrected chi connectivity index (χ4v) is 4.04. The third-order valence-corrected chi connectivity index (χ3v) is 5.95. The van der Waals surface area contributed by atoms with E-state index < -0.39 is 0 Å². The molecule has 2 heterocycles. The van der Waals surface area contributed by atoms with Gasteiger partial charge in [-0.25, -0.2) is 4.98 Å². The molecule has 4 aromatic rings. The van der Waals surface area contributed by atoms with Gasteiger partial charge in [-0.3, -0.25) is 4.79 Å². The Hall–Kier alpha value is -3.80. The van der Waals surface area contributed by atoms with E-state index in [1.807, 2.05) is 67.5 Å². The van der Waals surface area contributed by atoms with Crippen LogP contribution < -0.4 is 14.5 Å². The van der Waals surface area contributed by atoms with E-state index in [-0.39, 0.29) is 5.78 Å². The predicted octanol–water partition coefficient (Wildman–Crippen LogP) is 4.55. The van der Waals surface area contributed by atoms with Crippen molar-refractivity contribution >= 4 is 28.2 Å². The summed E-state index contributed by atoms with van der Waals surface area (Å²) in [6, 6.07) is 19.8. The van der Waals surface area contributed by atoms with E-state index in [9.17, 15) is 4.79 Å². The van der Waals surface area contributed by atoms with Crippen LogP contribution in [0.4, 0.5) is 11.4 Å². The van der Waals surface area contributed by atoms with Gasteiger partial charge in [0.15, 0.2) is 5.78 Å². The number of carbonyl (C=O) groups is 1. The van der Waals surface area contributed by atoms with Crippen molar-refractivity contribution in [3.8, 4) is 17.1 Å². The molecule has 0 bridgehead atoms. The Bertz CT molecular complexity index is 1290. The number of nitrogens with one attached hydrogen (secondary N) is 1. The first kappa shape index (κ1) is 20.1. The Morgan fingerprint density at radius 3 is 2.69 bits per heavy atom. The maximum absolute atomic E-state index is 12.8. The quantitative estimate of drug-likeness (QED) is 0.475. The number of hydrogen-bond acceptors (Lipinski definition) is 5. The van der Waals surface area contributed by atoms with E-state index in [2.05, 4.69) is 29.1 Å². The predicted molar refractivity (Wildman–Crippen MR) is 129 cm³/mol. The van der Waals surface area contributed by atoms with Crippen LogP contribution in [0.1, 0.15) is 15.9 Å². The van der Waals surface area contributed by atoms with Gasteiger partial charge in [-0.15, -0.1) is 0 Å². The molecule has 0 fully saturated rings. The van der Waals surface area contributed by atoms with Gasteiger partial charge >= 0.3 is 0 Å². The highest BCUT2D eigenvalue weighted by Gasteiger charge is 2.17. The molecule has 5 rings (SSSR count). The summed E-state index contributed by atoms with van der Waals surface area (Å²) in [5.74, 6) is 1.77. The number of rotatable bonds is 5. The SMILES string of the molecule is CN(C)c1ccc(C(=O)Cc2ccc3nc(-c4ccc5c(c4)OCCN5C)[nH]c3c2)cc1. The number of aromatic amines is 1. The van der Waals surface area contributed by atoms with E-state index in [1.165, 1.54) is 0 Å². The monoisotopic (exact) mass is 426 g/mol. The summed E-state index contributed by atoms with van der Waals surface area (Å²) in [5.41, 5.74) is 6.63. The summed E-state index contributed by atoms with van der Waals surface area (Å²) in [6.45, 7) is 1.57. The number of fused-ring (bicyclic) bond motifs is 2. The number of anilines is 2. The van der Waals surface area contributed by atoms with E-state index in [4.69, 9.17) is 9.72 Å². The standard InChI is InChI=1S/C26H26N4O2/c1-29(2)20-8-5-18(6-9-20)24(31)15-17-4-10-21-22(14-17)28-26(27-21)19-7-11-23-25(16-19)32-13-12-30(23)3/h4-11,14,16H,12-13,15H2,1-3H3,(H,27,28). The molecule has 0 unspecified atom stereocenters. The van der Waals surface area contributed by atoms with Gasteiger partial charge in [-0.05, 0) is 60.2 Å². The summed E-state index contributed by atoms with van der Waals surface area (Å²) < 4.78 is 5.83. The van der Waals surface area contributed by atoms with Gasteiger partial charge in [0.05, 0.1) is 23.3 Å². The lowest BCUT2D eigenvalue weighted by Crippen LogP contribution is -2.28. The van der Waals surface area contributed by atoms with Crippen LogP contribution in [0, 0.1) is 0 Å². The fraction of sp³-hybridized carbons (Fsp3) is 0.231. The van der Waals surface area contributed by atoms with Gasteiger partial charge in [0.1, 0.15) is 18.2 Å². The number of carbonyl (C=O) groups excluding carboxylic acids is 1. The largest absolute Gasteiger partial charge is 0.490 e. The second kappa shape index (κ2) is 8.04. The molecule has 0 radical (unpaired) electrons. The lowest BCUT2D eigenvalue weighted by Gasteiger charge is -2.27. The summed E-state index contributed by atoms with van der Waals surface area (Å²) in [4.78, 5) is 25.1. The minimum Gasteiger partial charge on any atom is -0.490 e. The summed E-state index contributed by atoms with van der Waals surface area (Å²) in [6.07, 6.45) is 0.352. The van der Waals surface area contributed by atoms with Crippen molar-refractivity contribution in [2.75, 3.05) is 44.1 Å². The van der Waals surface area contributed by atoms with Crippen LogP contribution in [0.15, 0.2) is 60.7 Å². The first-order valence-corrected chi connectivity index (χ1v) is 10.8.